The van der Waals surface area contributed by atoms with E-state index in [1.165, 1.54) is 0 Å². The monoisotopic (exact) mass is 416 g/mol. The number of imide groups is 1. The highest BCUT2D eigenvalue weighted by atomic mass is 127. The van der Waals surface area contributed by atoms with Gasteiger partial charge in [0.25, 0.3) is 11.8 Å². The number of nitrogens with zero attached hydrogens (tertiary/aromatic N) is 2. The van der Waals surface area contributed by atoms with E-state index in [4.69, 9.17) is 16.3 Å². The second kappa shape index (κ2) is 6.73. The Labute approximate surface area is 139 Å². The summed E-state index contributed by atoms with van der Waals surface area (Å²) in [5, 5.41) is 0.512. The number of benzene rings is 1. The van der Waals surface area contributed by atoms with E-state index in [0.717, 1.165) is 3.57 Å². The zero-order valence-corrected chi connectivity index (χ0v) is 13.6. The largest absolute Gasteiger partial charge is 0.370 e. The lowest BCUT2D eigenvalue weighted by Crippen LogP contribution is -2.32. The number of hydrogen-bond acceptors (Lipinski definition) is 5. The number of carbonyl (C=O) groups excluding carboxylic acids is 3. The molecule has 116 valence electrons. The van der Waals surface area contributed by atoms with Crippen LogP contribution in [-0.2, 0) is 21.0 Å². The van der Waals surface area contributed by atoms with Gasteiger partial charge in [0.15, 0.2) is 5.96 Å². The molecule has 1 heterocycles. The number of aliphatic imine (C=N–C) groups is 1. The molecule has 0 aromatic heterocycles. The van der Waals surface area contributed by atoms with Crippen molar-refractivity contribution in [3.8, 4) is 0 Å². The predicted octanol–water partition coefficient (Wildman–Crippen LogP) is 0.285. The highest BCUT2D eigenvalue weighted by Gasteiger charge is 2.33. The summed E-state index contributed by atoms with van der Waals surface area (Å²) in [5.74, 6) is -1.89. The molecule has 1 aromatic rings. The van der Waals surface area contributed by atoms with E-state index in [1.807, 2.05) is 22.6 Å². The molecule has 8 nitrogen and oxygen atoms in total. The van der Waals surface area contributed by atoms with Gasteiger partial charge in [0.2, 0.25) is 0 Å². The molecule has 4 N–H and O–H groups in total. The molecule has 0 radical (unpaired) electrons. The van der Waals surface area contributed by atoms with Gasteiger partial charge in [-0.05, 0) is 46.4 Å². The van der Waals surface area contributed by atoms with Gasteiger partial charge in [0.05, 0.1) is 12.1 Å². The van der Waals surface area contributed by atoms with Crippen molar-refractivity contribution in [3.05, 3.63) is 32.9 Å². The van der Waals surface area contributed by atoms with Crippen molar-refractivity contribution in [2.45, 2.75) is 19.4 Å². The van der Waals surface area contributed by atoms with Gasteiger partial charge in [0.1, 0.15) is 0 Å². The van der Waals surface area contributed by atoms with Gasteiger partial charge in [-0.3, -0.25) is 9.59 Å². The smallest absolute Gasteiger partial charge is 0.363 e. The number of carbonyl (C=O) groups is 3. The average Bonchev–Trinajstić information content (AvgIpc) is 2.76. The lowest BCUT2D eigenvalue weighted by molar-refractivity contribution is -0.172. The summed E-state index contributed by atoms with van der Waals surface area (Å²) in [6, 6.07) is 4.92. The molecule has 0 bridgehead atoms. The van der Waals surface area contributed by atoms with Gasteiger partial charge in [-0.2, -0.15) is 0 Å². The summed E-state index contributed by atoms with van der Waals surface area (Å²) >= 11 is 2.03. The molecule has 0 spiro atoms. The second-order valence-corrected chi connectivity index (χ2v) is 5.80. The van der Waals surface area contributed by atoms with Gasteiger partial charge in [-0.15, -0.1) is 5.06 Å². The van der Waals surface area contributed by atoms with E-state index >= 15 is 0 Å². The van der Waals surface area contributed by atoms with Crippen molar-refractivity contribution in [1.29, 1.82) is 0 Å². The van der Waals surface area contributed by atoms with Crippen molar-refractivity contribution in [2.75, 3.05) is 0 Å². The molecule has 2 amide bonds. The SMILES string of the molecule is NC(N)=NCc1cc(I)cc(C(=O)ON2C(=O)CCC2=O)c1. The Morgan fingerprint density at radius 2 is 1.86 bits per heavy atom. The van der Waals surface area contributed by atoms with Crippen molar-refractivity contribution in [3.63, 3.8) is 0 Å². The van der Waals surface area contributed by atoms with Gasteiger partial charge in [-0.1, -0.05) is 0 Å². The Hall–Kier alpha value is -2.17. The van der Waals surface area contributed by atoms with Gasteiger partial charge >= 0.3 is 5.97 Å². The normalized spacial score (nSPS) is 14.1. The van der Waals surface area contributed by atoms with Crippen LogP contribution in [0.1, 0.15) is 28.8 Å². The van der Waals surface area contributed by atoms with E-state index in [1.54, 1.807) is 18.2 Å². The number of hydroxylamine groups is 2. The van der Waals surface area contributed by atoms with Gasteiger partial charge in [-0.25, -0.2) is 9.79 Å². The number of halogens is 1. The maximum atomic E-state index is 12.1. The molecule has 1 fully saturated rings. The molecule has 1 aliphatic rings. The minimum atomic E-state index is -0.784. The number of amides is 2. The van der Waals surface area contributed by atoms with Crippen LogP contribution in [0.4, 0.5) is 0 Å². The minimum Gasteiger partial charge on any atom is -0.370 e. The van der Waals surface area contributed by atoms with Crippen LogP contribution in [0.5, 0.6) is 0 Å². The highest BCUT2D eigenvalue weighted by molar-refractivity contribution is 14.1. The van der Waals surface area contributed by atoms with Crippen LogP contribution in [-0.4, -0.2) is 28.8 Å². The third-order valence-corrected chi connectivity index (χ3v) is 3.44. The molecule has 22 heavy (non-hydrogen) atoms. The zero-order valence-electron chi connectivity index (χ0n) is 11.4. The quantitative estimate of drug-likeness (QED) is 0.314. The van der Waals surface area contributed by atoms with Crippen LogP contribution in [0, 0.1) is 3.57 Å². The van der Waals surface area contributed by atoms with Crippen LogP contribution in [0.3, 0.4) is 0 Å². The van der Waals surface area contributed by atoms with E-state index in [0.29, 0.717) is 10.6 Å². The van der Waals surface area contributed by atoms with Crippen molar-refractivity contribution in [1.82, 2.24) is 5.06 Å². The molecular weight excluding hydrogens is 403 g/mol. The Morgan fingerprint density at radius 3 is 2.45 bits per heavy atom. The Morgan fingerprint density at radius 1 is 1.23 bits per heavy atom. The van der Waals surface area contributed by atoms with E-state index in [2.05, 4.69) is 4.99 Å². The average molecular weight is 416 g/mol. The molecular formula is C13H13IN4O4. The second-order valence-electron chi connectivity index (χ2n) is 4.55. The molecule has 2 rings (SSSR count). The topological polar surface area (TPSA) is 128 Å². The Balaban J connectivity index is 2.17. The van der Waals surface area contributed by atoms with Crippen molar-refractivity contribution >= 4 is 46.3 Å². The van der Waals surface area contributed by atoms with Crippen molar-refractivity contribution in [2.24, 2.45) is 16.5 Å². The first-order valence-corrected chi connectivity index (χ1v) is 7.37. The molecule has 1 saturated heterocycles. The number of guanidine groups is 1. The van der Waals surface area contributed by atoms with Crippen molar-refractivity contribution < 1.29 is 19.2 Å². The Bertz CT molecular complexity index is 654. The third kappa shape index (κ3) is 3.93. The van der Waals surface area contributed by atoms with E-state index in [9.17, 15) is 14.4 Å². The molecule has 1 aromatic carbocycles. The fourth-order valence-corrected chi connectivity index (χ4v) is 2.57. The summed E-state index contributed by atoms with van der Waals surface area (Å²) in [6.45, 7) is 0.209. The number of nitrogens with two attached hydrogens (primary N) is 2. The molecule has 1 aliphatic heterocycles. The molecule has 0 aliphatic carbocycles. The molecule has 9 heteroatoms. The van der Waals surface area contributed by atoms with E-state index in [-0.39, 0.29) is 30.9 Å². The summed E-state index contributed by atoms with van der Waals surface area (Å²) in [4.78, 5) is 43.7. The summed E-state index contributed by atoms with van der Waals surface area (Å²) in [5.41, 5.74) is 11.4. The third-order valence-electron chi connectivity index (χ3n) is 2.82. The van der Waals surface area contributed by atoms with Gasteiger partial charge in [0, 0.05) is 16.4 Å². The zero-order chi connectivity index (χ0) is 16.3. The standard InChI is InChI=1S/C13H13IN4O4/c14-9-4-7(6-17-13(15)16)3-8(5-9)12(21)22-18-10(19)1-2-11(18)20/h3-5H,1-2,6H2,(H4,15,16,17). The van der Waals surface area contributed by atoms with Crippen LogP contribution >= 0.6 is 22.6 Å². The maximum Gasteiger partial charge on any atom is 0.363 e. The van der Waals surface area contributed by atoms with E-state index < -0.39 is 17.8 Å². The lowest BCUT2D eigenvalue weighted by atomic mass is 10.1. The highest BCUT2D eigenvalue weighted by Crippen LogP contribution is 2.17. The first-order chi connectivity index (χ1) is 10.4. The van der Waals surface area contributed by atoms with Crippen LogP contribution < -0.4 is 11.5 Å². The van der Waals surface area contributed by atoms with Crippen LogP contribution in [0.25, 0.3) is 0 Å². The first kappa shape index (κ1) is 16.2. The molecule has 0 saturated carbocycles. The Kier molecular flexibility index (Phi) is 4.96. The van der Waals surface area contributed by atoms with Crippen LogP contribution in [0.15, 0.2) is 23.2 Å². The summed E-state index contributed by atoms with van der Waals surface area (Å²) in [7, 11) is 0. The maximum absolute atomic E-state index is 12.1. The fraction of sp³-hybridized carbons (Fsp3) is 0.231. The lowest BCUT2D eigenvalue weighted by Gasteiger charge is -2.13. The molecule has 0 atom stereocenters. The molecule has 0 unspecified atom stereocenters. The number of rotatable bonds is 4. The number of hydrogen-bond donors (Lipinski definition) is 2. The first-order valence-electron chi connectivity index (χ1n) is 6.30. The van der Waals surface area contributed by atoms with Crippen LogP contribution in [0.2, 0.25) is 0 Å². The predicted molar refractivity (Wildman–Crippen MR) is 85.2 cm³/mol. The fourth-order valence-electron chi connectivity index (χ4n) is 1.84. The summed E-state index contributed by atoms with van der Waals surface area (Å²) < 4.78 is 0.770. The summed E-state index contributed by atoms with van der Waals surface area (Å²) in [6.07, 6.45) is 0.0996. The minimum absolute atomic E-state index is 0.0498. The van der Waals surface area contributed by atoms with Gasteiger partial charge < -0.3 is 16.3 Å².